The number of likely N-dealkylation sites (N-methyl/N-ethyl adjacent to an activating group) is 1. The number of nitrogens with one attached hydrogen (secondary N) is 1. The largest absolute Gasteiger partial charge is 0.507 e. The zero-order chi connectivity index (χ0) is 23.7. The number of aromatic amines is 1. The normalized spacial score (nSPS) is 18.0. The number of hydrogen-bond acceptors (Lipinski definition) is 5. The molecule has 0 bridgehead atoms. The molecule has 2 heterocycles. The van der Waals surface area contributed by atoms with Gasteiger partial charge in [0, 0.05) is 40.8 Å². The Hall–Kier alpha value is -3.58. The van der Waals surface area contributed by atoms with Crippen molar-refractivity contribution in [3.63, 3.8) is 0 Å². The van der Waals surface area contributed by atoms with Crippen molar-refractivity contribution in [1.29, 1.82) is 0 Å². The van der Waals surface area contributed by atoms with E-state index in [2.05, 4.69) is 4.98 Å². The first-order chi connectivity index (χ1) is 15.8. The van der Waals surface area contributed by atoms with E-state index in [4.69, 9.17) is 4.74 Å². The standard InChI is InChI=1S/C26H29N3O4/c1-5-33-18-10-8-9-17(15-18)24(30)22-23(29(14-13-28(3)4)26(32)25(22)31)21-16(2)27-20-12-7-6-11-19(20)21/h6-12,15,23,27,30H,5,13-14H2,1-4H3/b24-22+. The van der Waals surface area contributed by atoms with Gasteiger partial charge in [-0.25, -0.2) is 0 Å². The molecule has 1 fully saturated rings. The van der Waals surface area contributed by atoms with Crippen LogP contribution in [0.15, 0.2) is 54.1 Å². The molecule has 3 aromatic rings. The maximum atomic E-state index is 13.3. The Kier molecular flexibility index (Phi) is 6.24. The summed E-state index contributed by atoms with van der Waals surface area (Å²) in [5.41, 5.74) is 3.13. The van der Waals surface area contributed by atoms with Gasteiger partial charge in [0.15, 0.2) is 0 Å². The van der Waals surface area contributed by atoms with Crippen molar-refractivity contribution >= 4 is 28.4 Å². The van der Waals surface area contributed by atoms with Gasteiger partial charge in [0.2, 0.25) is 0 Å². The number of hydrogen-bond donors (Lipinski definition) is 2. The van der Waals surface area contributed by atoms with Crippen LogP contribution < -0.4 is 4.74 Å². The number of H-pyrrole nitrogens is 1. The van der Waals surface area contributed by atoms with Crippen molar-refractivity contribution < 1.29 is 19.4 Å². The average Bonchev–Trinajstić information content (AvgIpc) is 3.24. The molecule has 2 aromatic carbocycles. The summed E-state index contributed by atoms with van der Waals surface area (Å²) >= 11 is 0. The highest BCUT2D eigenvalue weighted by atomic mass is 16.5. The quantitative estimate of drug-likeness (QED) is 0.326. The first-order valence-electron chi connectivity index (χ1n) is 11.1. The predicted octanol–water partition coefficient (Wildman–Crippen LogP) is 3.86. The molecule has 1 aromatic heterocycles. The fourth-order valence-corrected chi connectivity index (χ4v) is 4.42. The Bertz CT molecular complexity index is 1240. The zero-order valence-corrected chi connectivity index (χ0v) is 19.4. The van der Waals surface area contributed by atoms with Crippen LogP contribution in [0.4, 0.5) is 0 Å². The van der Waals surface area contributed by atoms with Crippen molar-refractivity contribution in [3.05, 3.63) is 70.9 Å². The topological polar surface area (TPSA) is 85.9 Å². The molecule has 0 spiro atoms. The Balaban J connectivity index is 1.93. The van der Waals surface area contributed by atoms with E-state index in [1.54, 1.807) is 29.2 Å². The third kappa shape index (κ3) is 4.12. The van der Waals surface area contributed by atoms with E-state index in [9.17, 15) is 14.7 Å². The van der Waals surface area contributed by atoms with E-state index in [1.165, 1.54) is 0 Å². The van der Waals surface area contributed by atoms with Gasteiger partial charge in [-0.1, -0.05) is 30.3 Å². The number of benzene rings is 2. The fraction of sp³-hybridized carbons (Fsp3) is 0.308. The second kappa shape index (κ2) is 9.11. The molecule has 1 aliphatic heterocycles. The lowest BCUT2D eigenvalue weighted by atomic mass is 9.93. The highest BCUT2D eigenvalue weighted by Gasteiger charge is 2.47. The summed E-state index contributed by atoms with van der Waals surface area (Å²) < 4.78 is 5.56. The molecule has 4 rings (SSSR count). The number of carbonyl (C=O) groups excluding carboxylic acids is 2. The smallest absolute Gasteiger partial charge is 0.295 e. The molecule has 0 aliphatic carbocycles. The van der Waals surface area contributed by atoms with Gasteiger partial charge in [-0.15, -0.1) is 0 Å². The number of aromatic nitrogens is 1. The van der Waals surface area contributed by atoms with Crippen molar-refractivity contribution in [2.75, 3.05) is 33.8 Å². The summed E-state index contributed by atoms with van der Waals surface area (Å²) in [4.78, 5) is 33.3. The third-order valence-electron chi connectivity index (χ3n) is 5.96. The highest BCUT2D eigenvalue weighted by molar-refractivity contribution is 6.46. The molecule has 7 heteroatoms. The number of aliphatic hydroxyl groups excluding tert-OH is 1. The third-order valence-corrected chi connectivity index (χ3v) is 5.96. The minimum absolute atomic E-state index is 0.0975. The molecule has 1 amide bonds. The first kappa shape index (κ1) is 22.6. The van der Waals surface area contributed by atoms with Crippen LogP contribution in [0.5, 0.6) is 5.75 Å². The lowest BCUT2D eigenvalue weighted by molar-refractivity contribution is -0.140. The van der Waals surface area contributed by atoms with Crippen molar-refractivity contribution in [2.45, 2.75) is 19.9 Å². The lowest BCUT2D eigenvalue weighted by Crippen LogP contribution is -2.35. The SMILES string of the molecule is CCOc1cccc(/C(O)=C2\C(=O)C(=O)N(CCN(C)C)C2c2c(C)[nH]c3ccccc23)c1. The monoisotopic (exact) mass is 447 g/mol. The number of para-hydroxylation sites is 1. The van der Waals surface area contributed by atoms with Crippen molar-refractivity contribution in [1.82, 2.24) is 14.8 Å². The summed E-state index contributed by atoms with van der Waals surface area (Å²) in [6, 6.07) is 14.0. The Morgan fingerprint density at radius 2 is 1.91 bits per heavy atom. The van der Waals surface area contributed by atoms with Gasteiger partial charge in [-0.3, -0.25) is 9.59 Å². The van der Waals surface area contributed by atoms with Crippen LogP contribution in [0.1, 0.15) is 29.8 Å². The number of fused-ring (bicyclic) bond motifs is 1. The average molecular weight is 448 g/mol. The van der Waals surface area contributed by atoms with Gasteiger partial charge in [-0.2, -0.15) is 0 Å². The van der Waals surface area contributed by atoms with E-state index < -0.39 is 17.7 Å². The molecule has 1 atom stereocenters. The summed E-state index contributed by atoms with van der Waals surface area (Å²) in [5.74, 6) is -0.892. The van der Waals surface area contributed by atoms with Crippen LogP contribution in [-0.4, -0.2) is 65.4 Å². The summed E-state index contributed by atoms with van der Waals surface area (Å²) in [7, 11) is 3.84. The van der Waals surface area contributed by atoms with Crippen LogP contribution in [0.25, 0.3) is 16.7 Å². The zero-order valence-electron chi connectivity index (χ0n) is 19.4. The second-order valence-electron chi connectivity index (χ2n) is 8.47. The molecule has 2 N–H and O–H groups in total. The minimum Gasteiger partial charge on any atom is -0.507 e. The van der Waals surface area contributed by atoms with Crippen molar-refractivity contribution in [2.24, 2.45) is 0 Å². The number of aliphatic hydroxyl groups is 1. The van der Waals surface area contributed by atoms with Crippen LogP contribution in [-0.2, 0) is 9.59 Å². The van der Waals surface area contributed by atoms with E-state index in [0.29, 0.717) is 31.0 Å². The number of aryl methyl sites for hydroxylation is 1. The maximum absolute atomic E-state index is 13.3. The number of Topliss-reactive ketones (excluding diaryl/α,β-unsaturated/α-hetero) is 1. The van der Waals surface area contributed by atoms with Crippen LogP contribution >= 0.6 is 0 Å². The molecule has 33 heavy (non-hydrogen) atoms. The second-order valence-corrected chi connectivity index (χ2v) is 8.47. The molecule has 0 radical (unpaired) electrons. The Morgan fingerprint density at radius 3 is 2.64 bits per heavy atom. The first-order valence-corrected chi connectivity index (χ1v) is 11.1. The number of rotatable bonds is 7. The number of likely N-dealkylation sites (tertiary alicyclic amines) is 1. The molecule has 172 valence electrons. The molecule has 1 saturated heterocycles. The number of nitrogens with zero attached hydrogens (tertiary/aromatic N) is 2. The van der Waals surface area contributed by atoms with Crippen LogP contribution in [0.2, 0.25) is 0 Å². The van der Waals surface area contributed by atoms with E-state index in [-0.39, 0.29) is 11.3 Å². The predicted molar refractivity (Wildman–Crippen MR) is 128 cm³/mol. The van der Waals surface area contributed by atoms with Gasteiger partial charge in [0.25, 0.3) is 11.7 Å². The van der Waals surface area contributed by atoms with Crippen LogP contribution in [0, 0.1) is 6.92 Å². The van der Waals surface area contributed by atoms with Gasteiger partial charge in [0.1, 0.15) is 11.5 Å². The summed E-state index contributed by atoms with van der Waals surface area (Å²) in [5, 5.41) is 12.3. The minimum atomic E-state index is -0.697. The van der Waals surface area contributed by atoms with E-state index >= 15 is 0 Å². The van der Waals surface area contributed by atoms with Gasteiger partial charge in [0.05, 0.1) is 18.2 Å². The van der Waals surface area contributed by atoms with E-state index in [0.717, 1.165) is 22.2 Å². The molecular weight excluding hydrogens is 418 g/mol. The Morgan fingerprint density at radius 1 is 1.15 bits per heavy atom. The van der Waals surface area contributed by atoms with Gasteiger partial charge < -0.3 is 24.6 Å². The van der Waals surface area contributed by atoms with Crippen LogP contribution in [0.3, 0.4) is 0 Å². The molecule has 0 saturated carbocycles. The number of ketones is 1. The van der Waals surface area contributed by atoms with E-state index in [1.807, 2.05) is 57.1 Å². The number of amides is 1. The summed E-state index contributed by atoms with van der Waals surface area (Å²) in [6.45, 7) is 5.23. The molecule has 1 unspecified atom stereocenters. The van der Waals surface area contributed by atoms with Crippen molar-refractivity contribution in [3.8, 4) is 5.75 Å². The maximum Gasteiger partial charge on any atom is 0.295 e. The Labute approximate surface area is 193 Å². The fourth-order valence-electron chi connectivity index (χ4n) is 4.42. The molecule has 7 nitrogen and oxygen atoms in total. The highest BCUT2D eigenvalue weighted by Crippen LogP contribution is 2.43. The van der Waals surface area contributed by atoms with Gasteiger partial charge >= 0.3 is 0 Å². The number of carbonyl (C=O) groups is 2. The van der Waals surface area contributed by atoms with Gasteiger partial charge in [-0.05, 0) is 46.1 Å². The molecular formula is C26H29N3O4. The number of ether oxygens (including phenoxy) is 1. The summed E-state index contributed by atoms with van der Waals surface area (Å²) in [6.07, 6.45) is 0. The molecule has 1 aliphatic rings. The lowest BCUT2D eigenvalue weighted by Gasteiger charge is -2.27.